The number of halogens is 3. The van der Waals surface area contributed by atoms with Crippen molar-refractivity contribution in [1.29, 1.82) is 0 Å². The number of nitrogens with zero attached hydrogens (tertiary/aromatic N) is 1. The Morgan fingerprint density at radius 2 is 1.79 bits per heavy atom. The van der Waals surface area contributed by atoms with Crippen LogP contribution in [0.4, 0.5) is 13.6 Å². The molecule has 3 unspecified atom stereocenters. The summed E-state index contributed by atoms with van der Waals surface area (Å²) < 4.78 is 50.9. The van der Waals surface area contributed by atoms with Crippen molar-refractivity contribution < 1.29 is 37.5 Å². The Labute approximate surface area is 227 Å². The maximum atomic E-state index is 13.9. The molecule has 2 bridgehead atoms. The molecule has 2 heterocycles. The van der Waals surface area contributed by atoms with Crippen molar-refractivity contribution >= 4 is 40.4 Å². The minimum atomic E-state index is -1.27. The largest absolute Gasteiger partial charge is 0.616 e. The van der Waals surface area contributed by atoms with Crippen LogP contribution in [0, 0.1) is 11.6 Å². The predicted octanol–water partition coefficient (Wildman–Crippen LogP) is 5.22. The molecule has 2 aromatic carbocycles. The molecule has 0 saturated carbocycles. The topological polar surface area (TPSA) is 99.1 Å². The molecule has 7 nitrogen and oxygen atoms in total. The third kappa shape index (κ3) is 6.08. The molecular weight excluding hydrogens is 540 g/mol. The lowest BCUT2D eigenvalue weighted by Crippen LogP contribution is -2.61. The molecule has 1 amide bonds. The number of rotatable bonds is 6. The number of carbonyl (C=O) groups excluding carboxylic acids is 1. The first-order valence-electron chi connectivity index (χ1n) is 12.0. The normalized spacial score (nSPS) is 21.3. The van der Waals surface area contributed by atoms with Gasteiger partial charge in [-0.05, 0) is 67.2 Å². The number of hydrogen-bond donors (Lipinski definition) is 1. The maximum Gasteiger partial charge on any atom is 0.411 e. The minimum Gasteiger partial charge on any atom is -0.616 e. The molecule has 11 heteroatoms. The van der Waals surface area contributed by atoms with Crippen LogP contribution >= 0.6 is 11.6 Å². The molecule has 3 atom stereocenters. The standard InChI is InChI=1S/C27H28ClF2NO6S/c1-27(2,3)37-26(34)31-17-12-18(22(25(32)33)21(31)14-38(35)13-17)16-6-4-15(5-7-16)10-11-36-24-20(30)9-8-19(29)23(24)28/h4-9,17,21H,10-14H2,1-3H3,(H,32,33). The summed E-state index contributed by atoms with van der Waals surface area (Å²) in [5.41, 5.74) is 1.36. The summed E-state index contributed by atoms with van der Waals surface area (Å²) in [5.74, 6) is -2.80. The number of fused-ring (bicyclic) bond motifs is 2. The average Bonchev–Trinajstić information content (AvgIpc) is 2.82. The van der Waals surface area contributed by atoms with Gasteiger partial charge in [0.15, 0.2) is 11.6 Å². The van der Waals surface area contributed by atoms with Gasteiger partial charge in [0.25, 0.3) is 0 Å². The van der Waals surface area contributed by atoms with Crippen molar-refractivity contribution in [1.82, 2.24) is 4.90 Å². The van der Waals surface area contributed by atoms with Crippen LogP contribution in [-0.2, 0) is 27.1 Å². The highest BCUT2D eigenvalue weighted by Crippen LogP contribution is 2.40. The molecule has 1 N–H and O–H groups in total. The molecule has 2 aliphatic rings. The SMILES string of the molecule is CC(C)(C)OC(=O)N1C2CC(c3ccc(CCOc4c(F)ccc(F)c4Cl)cc3)=C(C(=O)O)C1C[S+]([O-])C2. The van der Waals surface area contributed by atoms with Crippen molar-refractivity contribution in [3.8, 4) is 5.75 Å². The Kier molecular flexibility index (Phi) is 8.25. The lowest BCUT2D eigenvalue weighted by Gasteiger charge is -2.46. The van der Waals surface area contributed by atoms with Crippen molar-refractivity contribution in [2.45, 2.75) is 51.3 Å². The lowest BCUT2D eigenvalue weighted by atomic mass is 9.85. The Morgan fingerprint density at radius 3 is 2.42 bits per heavy atom. The van der Waals surface area contributed by atoms with E-state index in [2.05, 4.69) is 0 Å². The maximum absolute atomic E-state index is 13.9. The molecule has 38 heavy (non-hydrogen) atoms. The Balaban J connectivity index is 1.55. The number of amides is 1. The van der Waals surface area contributed by atoms with Gasteiger partial charge in [0.05, 0.1) is 18.2 Å². The third-order valence-corrected chi connectivity index (χ3v) is 8.12. The summed E-state index contributed by atoms with van der Waals surface area (Å²) in [7, 11) is 0. The van der Waals surface area contributed by atoms with Crippen molar-refractivity contribution in [2.24, 2.45) is 0 Å². The number of carbonyl (C=O) groups is 2. The van der Waals surface area contributed by atoms with Gasteiger partial charge in [-0.3, -0.25) is 4.90 Å². The smallest absolute Gasteiger partial charge is 0.411 e. The van der Waals surface area contributed by atoms with Gasteiger partial charge in [-0.2, -0.15) is 0 Å². The van der Waals surface area contributed by atoms with Gasteiger partial charge in [-0.25, -0.2) is 18.4 Å². The number of hydrogen-bond acceptors (Lipinski definition) is 5. The van der Waals surface area contributed by atoms with Gasteiger partial charge in [0.1, 0.15) is 34.0 Å². The van der Waals surface area contributed by atoms with Crippen LogP contribution in [0.15, 0.2) is 42.0 Å². The van der Waals surface area contributed by atoms with E-state index in [4.69, 9.17) is 21.1 Å². The molecule has 0 spiro atoms. The first kappa shape index (κ1) is 28.2. The van der Waals surface area contributed by atoms with Gasteiger partial charge < -0.3 is 19.1 Å². The van der Waals surface area contributed by atoms with Crippen LogP contribution in [0.2, 0.25) is 5.02 Å². The van der Waals surface area contributed by atoms with E-state index in [1.54, 1.807) is 45.0 Å². The number of carboxylic acids is 1. The summed E-state index contributed by atoms with van der Waals surface area (Å²) in [6.45, 7) is 5.25. The number of benzene rings is 2. The van der Waals surface area contributed by atoms with Crippen LogP contribution in [-0.4, -0.2) is 62.4 Å². The van der Waals surface area contributed by atoms with E-state index in [0.717, 1.165) is 17.7 Å². The molecule has 4 rings (SSSR count). The first-order valence-corrected chi connectivity index (χ1v) is 13.9. The molecule has 2 aliphatic heterocycles. The highest BCUT2D eigenvalue weighted by atomic mass is 35.5. The van der Waals surface area contributed by atoms with Crippen LogP contribution in [0.3, 0.4) is 0 Å². The Hall–Kier alpha value is -2.82. The molecule has 0 radical (unpaired) electrons. The third-order valence-electron chi connectivity index (χ3n) is 6.33. The van der Waals surface area contributed by atoms with Crippen LogP contribution in [0.1, 0.15) is 38.3 Å². The lowest BCUT2D eigenvalue weighted by molar-refractivity contribution is -0.133. The molecule has 2 aromatic rings. The second kappa shape index (κ2) is 11.1. The van der Waals surface area contributed by atoms with Gasteiger partial charge in [-0.1, -0.05) is 35.9 Å². The van der Waals surface area contributed by atoms with Crippen molar-refractivity contribution in [2.75, 3.05) is 18.1 Å². The Bertz CT molecular complexity index is 1260. The average molecular weight is 568 g/mol. The van der Waals surface area contributed by atoms with Crippen LogP contribution in [0.5, 0.6) is 5.75 Å². The fourth-order valence-corrected chi connectivity index (χ4v) is 6.45. The molecule has 0 aromatic heterocycles. The van der Waals surface area contributed by atoms with Gasteiger partial charge in [0, 0.05) is 6.42 Å². The van der Waals surface area contributed by atoms with Crippen LogP contribution < -0.4 is 4.74 Å². The quantitative estimate of drug-likeness (QED) is 0.380. The summed E-state index contributed by atoms with van der Waals surface area (Å²) in [5, 5.41) is 9.70. The fourth-order valence-electron chi connectivity index (χ4n) is 4.72. The summed E-state index contributed by atoms with van der Waals surface area (Å²) in [6.07, 6.45) is -0.0241. The van der Waals surface area contributed by atoms with Crippen molar-refractivity contribution in [3.63, 3.8) is 0 Å². The highest BCUT2D eigenvalue weighted by Gasteiger charge is 2.50. The highest BCUT2D eigenvalue weighted by molar-refractivity contribution is 7.91. The fraction of sp³-hybridized carbons (Fsp3) is 0.407. The summed E-state index contributed by atoms with van der Waals surface area (Å²) >= 11 is 4.53. The van der Waals surface area contributed by atoms with Crippen molar-refractivity contribution in [3.05, 3.63) is 69.8 Å². The molecule has 0 aliphatic carbocycles. The van der Waals surface area contributed by atoms with E-state index in [-0.39, 0.29) is 35.9 Å². The zero-order valence-electron chi connectivity index (χ0n) is 21.1. The second-order valence-corrected chi connectivity index (χ2v) is 12.1. The zero-order chi connectivity index (χ0) is 27.8. The number of ether oxygens (including phenoxy) is 2. The van der Waals surface area contributed by atoms with E-state index in [1.165, 1.54) is 4.90 Å². The van der Waals surface area contributed by atoms with Gasteiger partial charge in [-0.15, -0.1) is 0 Å². The summed E-state index contributed by atoms with van der Waals surface area (Å²) in [4.78, 5) is 26.8. The number of carboxylic acid groups (broad SMARTS) is 1. The first-order chi connectivity index (χ1) is 17.9. The molecular formula is C27H28ClF2NO6S. The molecule has 1 fully saturated rings. The number of aliphatic carboxylic acids is 1. The van der Waals surface area contributed by atoms with E-state index in [9.17, 15) is 28.0 Å². The predicted molar refractivity (Wildman–Crippen MR) is 140 cm³/mol. The summed E-state index contributed by atoms with van der Waals surface area (Å²) in [6, 6.07) is 7.68. The minimum absolute atomic E-state index is 0.0233. The molecule has 1 saturated heterocycles. The van der Waals surface area contributed by atoms with E-state index in [1.807, 2.05) is 0 Å². The monoisotopic (exact) mass is 567 g/mol. The van der Waals surface area contributed by atoms with E-state index in [0.29, 0.717) is 17.6 Å². The van der Waals surface area contributed by atoms with Gasteiger partial charge >= 0.3 is 12.1 Å². The zero-order valence-corrected chi connectivity index (χ0v) is 22.7. The van der Waals surface area contributed by atoms with Crippen LogP contribution in [0.25, 0.3) is 5.57 Å². The second-order valence-electron chi connectivity index (χ2n) is 10.2. The van der Waals surface area contributed by atoms with E-state index >= 15 is 0 Å². The molecule has 204 valence electrons. The van der Waals surface area contributed by atoms with E-state index < -0.39 is 57.6 Å². The Morgan fingerprint density at radius 1 is 1.13 bits per heavy atom. The van der Waals surface area contributed by atoms with Gasteiger partial charge in [0.2, 0.25) is 0 Å².